The third-order valence-electron chi connectivity index (χ3n) is 6.19. The molecule has 0 aromatic heterocycles. The number of carbonyl (C=O) groups excluding carboxylic acids is 2. The SMILES string of the molecule is CN(C)S(=O)(=O)c1ccc(N2CCOCC2)c(C(=O)N2CCC[C@H]3C(=O)NC[C@H]32)c1. The second-order valence-corrected chi connectivity index (χ2v) is 10.3. The predicted molar refractivity (Wildman–Crippen MR) is 111 cm³/mol. The molecule has 10 heteroatoms. The van der Waals surface area contributed by atoms with Gasteiger partial charge in [-0.2, -0.15) is 0 Å². The largest absolute Gasteiger partial charge is 0.378 e. The van der Waals surface area contributed by atoms with Gasteiger partial charge < -0.3 is 19.9 Å². The van der Waals surface area contributed by atoms with Gasteiger partial charge in [-0.3, -0.25) is 9.59 Å². The number of nitrogens with one attached hydrogen (secondary N) is 1. The maximum Gasteiger partial charge on any atom is 0.256 e. The number of amides is 2. The molecule has 0 radical (unpaired) electrons. The van der Waals surface area contributed by atoms with Gasteiger partial charge in [0.1, 0.15) is 0 Å². The van der Waals surface area contributed by atoms with Crippen LogP contribution in [-0.2, 0) is 19.6 Å². The highest BCUT2D eigenvalue weighted by Gasteiger charge is 2.43. The molecule has 0 bridgehead atoms. The Morgan fingerprint density at radius 2 is 1.93 bits per heavy atom. The number of carbonyl (C=O) groups is 2. The zero-order valence-corrected chi connectivity index (χ0v) is 18.2. The van der Waals surface area contributed by atoms with Gasteiger partial charge >= 0.3 is 0 Å². The van der Waals surface area contributed by atoms with E-state index >= 15 is 0 Å². The molecule has 0 unspecified atom stereocenters. The van der Waals surface area contributed by atoms with E-state index in [1.54, 1.807) is 17.0 Å². The van der Waals surface area contributed by atoms with Crippen LogP contribution in [0.1, 0.15) is 23.2 Å². The summed E-state index contributed by atoms with van der Waals surface area (Å²) in [7, 11) is -0.744. The summed E-state index contributed by atoms with van der Waals surface area (Å²) < 4.78 is 32.0. The standard InChI is InChI=1S/C20H28N4O5S/c1-22(2)30(27,28)14-5-6-17(23-8-10-29-11-9-23)16(12-14)20(26)24-7-3-4-15-18(24)13-21-19(15)25/h5-6,12,15,18H,3-4,7-11,13H2,1-2H3,(H,21,25)/t15-,18-/m1/s1. The lowest BCUT2D eigenvalue weighted by atomic mass is 9.91. The number of rotatable bonds is 4. The van der Waals surface area contributed by atoms with Crippen LogP contribution < -0.4 is 10.2 Å². The number of fused-ring (bicyclic) bond motifs is 1. The van der Waals surface area contributed by atoms with Gasteiger partial charge in [-0.05, 0) is 31.0 Å². The minimum atomic E-state index is -3.68. The van der Waals surface area contributed by atoms with Crippen molar-refractivity contribution in [3.8, 4) is 0 Å². The van der Waals surface area contributed by atoms with Crippen LogP contribution in [-0.4, -0.2) is 89.0 Å². The molecule has 3 aliphatic heterocycles. The number of nitrogens with zero attached hydrogens (tertiary/aromatic N) is 3. The van der Waals surface area contributed by atoms with Gasteiger partial charge in [-0.15, -0.1) is 0 Å². The third kappa shape index (κ3) is 3.67. The van der Waals surface area contributed by atoms with Crippen LogP contribution in [0.2, 0.25) is 0 Å². The fourth-order valence-corrected chi connectivity index (χ4v) is 5.42. The second-order valence-electron chi connectivity index (χ2n) is 8.13. The third-order valence-corrected chi connectivity index (χ3v) is 8.00. The normalized spacial score (nSPS) is 24.7. The Morgan fingerprint density at radius 3 is 2.63 bits per heavy atom. The number of hydrogen-bond acceptors (Lipinski definition) is 6. The van der Waals surface area contributed by atoms with E-state index in [1.807, 2.05) is 0 Å². The zero-order valence-electron chi connectivity index (χ0n) is 17.3. The number of sulfonamides is 1. The van der Waals surface area contributed by atoms with Gasteiger partial charge in [0.2, 0.25) is 15.9 Å². The van der Waals surface area contributed by atoms with Gasteiger partial charge in [0.15, 0.2) is 0 Å². The molecule has 30 heavy (non-hydrogen) atoms. The van der Waals surface area contributed by atoms with Gasteiger partial charge in [0.05, 0.1) is 35.6 Å². The molecule has 2 atom stereocenters. The quantitative estimate of drug-likeness (QED) is 0.720. The van der Waals surface area contributed by atoms with Crippen molar-refractivity contribution in [3.63, 3.8) is 0 Å². The Labute approximate surface area is 177 Å². The minimum absolute atomic E-state index is 0.00478. The van der Waals surface area contributed by atoms with Crippen LogP contribution in [0.3, 0.4) is 0 Å². The zero-order chi connectivity index (χ0) is 21.5. The lowest BCUT2D eigenvalue weighted by Gasteiger charge is -2.37. The van der Waals surface area contributed by atoms with Crippen LogP contribution in [0.4, 0.5) is 5.69 Å². The first-order valence-corrected chi connectivity index (χ1v) is 11.7. The maximum absolute atomic E-state index is 13.7. The monoisotopic (exact) mass is 436 g/mol. The lowest BCUT2D eigenvalue weighted by molar-refractivity contribution is -0.123. The number of likely N-dealkylation sites (tertiary alicyclic amines) is 1. The molecule has 9 nitrogen and oxygen atoms in total. The molecule has 1 aromatic carbocycles. The average Bonchev–Trinajstić information content (AvgIpc) is 3.14. The Hall–Kier alpha value is -2.17. The van der Waals surface area contributed by atoms with E-state index in [9.17, 15) is 18.0 Å². The van der Waals surface area contributed by atoms with Crippen LogP contribution >= 0.6 is 0 Å². The highest BCUT2D eigenvalue weighted by Crippen LogP contribution is 2.32. The number of ether oxygens (including phenoxy) is 1. The molecule has 0 spiro atoms. The number of benzene rings is 1. The predicted octanol–water partition coefficient (Wildman–Crippen LogP) is 0.124. The minimum Gasteiger partial charge on any atom is -0.378 e. The van der Waals surface area contributed by atoms with E-state index < -0.39 is 10.0 Å². The molecule has 0 saturated carbocycles. The van der Waals surface area contributed by atoms with Crippen molar-refractivity contribution in [1.29, 1.82) is 0 Å². The van der Waals surface area contributed by atoms with Crippen molar-refractivity contribution in [3.05, 3.63) is 23.8 Å². The summed E-state index contributed by atoms with van der Waals surface area (Å²) >= 11 is 0. The fraction of sp³-hybridized carbons (Fsp3) is 0.600. The summed E-state index contributed by atoms with van der Waals surface area (Å²) in [5.74, 6) is -0.420. The molecule has 3 heterocycles. The van der Waals surface area contributed by atoms with Crippen molar-refractivity contribution >= 4 is 27.5 Å². The summed E-state index contributed by atoms with van der Waals surface area (Å²) in [5, 5.41) is 2.86. The van der Waals surface area contributed by atoms with Crippen molar-refractivity contribution in [2.75, 3.05) is 58.4 Å². The van der Waals surface area contributed by atoms with E-state index in [-0.39, 0.29) is 28.7 Å². The van der Waals surface area contributed by atoms with Gasteiger partial charge in [0.25, 0.3) is 5.91 Å². The summed E-state index contributed by atoms with van der Waals surface area (Å²) in [4.78, 5) is 29.7. The molecule has 0 aliphatic carbocycles. The smallest absolute Gasteiger partial charge is 0.256 e. The second kappa shape index (κ2) is 8.16. The van der Waals surface area contributed by atoms with E-state index in [0.29, 0.717) is 50.6 Å². The van der Waals surface area contributed by atoms with Gasteiger partial charge in [0, 0.05) is 46.0 Å². The topological polar surface area (TPSA) is 99.3 Å². The van der Waals surface area contributed by atoms with Crippen molar-refractivity contribution < 1.29 is 22.7 Å². The summed E-state index contributed by atoms with van der Waals surface area (Å²) in [6.45, 7) is 3.37. The van der Waals surface area contributed by atoms with E-state index in [4.69, 9.17) is 4.74 Å². The van der Waals surface area contributed by atoms with Crippen LogP contribution in [0.15, 0.2) is 23.1 Å². The Morgan fingerprint density at radius 1 is 1.20 bits per heavy atom. The fourth-order valence-electron chi connectivity index (χ4n) is 4.50. The summed E-state index contributed by atoms with van der Waals surface area (Å²) in [6.07, 6.45) is 1.52. The van der Waals surface area contributed by atoms with Crippen molar-refractivity contribution in [2.45, 2.75) is 23.8 Å². The Balaban J connectivity index is 1.75. The first-order chi connectivity index (χ1) is 14.3. The summed E-state index contributed by atoms with van der Waals surface area (Å²) in [6, 6.07) is 4.56. The van der Waals surface area contributed by atoms with E-state index in [0.717, 1.165) is 17.1 Å². The van der Waals surface area contributed by atoms with Crippen LogP contribution in [0.25, 0.3) is 0 Å². The Bertz CT molecular complexity index is 943. The van der Waals surface area contributed by atoms with Crippen LogP contribution in [0.5, 0.6) is 0 Å². The van der Waals surface area contributed by atoms with Gasteiger partial charge in [-0.1, -0.05) is 0 Å². The van der Waals surface area contributed by atoms with E-state index in [2.05, 4.69) is 10.2 Å². The number of piperidine rings is 1. The molecular formula is C20H28N4O5S. The molecule has 1 aromatic rings. The lowest BCUT2D eigenvalue weighted by Crippen LogP contribution is -2.49. The van der Waals surface area contributed by atoms with Crippen molar-refractivity contribution in [1.82, 2.24) is 14.5 Å². The molecule has 4 rings (SSSR count). The summed E-state index contributed by atoms with van der Waals surface area (Å²) in [5.41, 5.74) is 1.07. The number of morpholine rings is 1. The molecule has 1 N–H and O–H groups in total. The van der Waals surface area contributed by atoms with E-state index in [1.165, 1.54) is 20.2 Å². The molecule has 3 aliphatic rings. The first-order valence-electron chi connectivity index (χ1n) is 10.3. The molecule has 3 saturated heterocycles. The van der Waals surface area contributed by atoms with Crippen LogP contribution in [0, 0.1) is 5.92 Å². The first kappa shape index (κ1) is 21.1. The van der Waals surface area contributed by atoms with Gasteiger partial charge in [-0.25, -0.2) is 12.7 Å². The maximum atomic E-state index is 13.7. The number of hydrogen-bond donors (Lipinski definition) is 1. The molecule has 164 valence electrons. The Kier molecular flexibility index (Phi) is 5.73. The molecule has 3 fully saturated rings. The van der Waals surface area contributed by atoms with Crippen molar-refractivity contribution in [2.24, 2.45) is 5.92 Å². The highest BCUT2D eigenvalue weighted by molar-refractivity contribution is 7.89. The average molecular weight is 437 g/mol. The number of anilines is 1. The molecule has 2 amide bonds. The molecular weight excluding hydrogens is 408 g/mol. The highest BCUT2D eigenvalue weighted by atomic mass is 32.2.